The zero-order valence-electron chi connectivity index (χ0n) is 12.9. The van der Waals surface area contributed by atoms with Gasteiger partial charge in [-0.05, 0) is 41.6 Å². The van der Waals surface area contributed by atoms with Gasteiger partial charge in [0.15, 0.2) is 0 Å². The van der Waals surface area contributed by atoms with Gasteiger partial charge in [-0.2, -0.15) is 0 Å². The molecule has 0 saturated carbocycles. The van der Waals surface area contributed by atoms with Gasteiger partial charge in [-0.1, -0.05) is 6.07 Å². The number of thiophene rings is 1. The SMILES string of the molecule is COC(=O)c1cccc(NCC(=O)N2CCc3sccc3C2)c1. The van der Waals surface area contributed by atoms with Crippen molar-refractivity contribution in [1.82, 2.24) is 4.90 Å². The van der Waals surface area contributed by atoms with E-state index < -0.39 is 0 Å². The van der Waals surface area contributed by atoms with Gasteiger partial charge in [0, 0.05) is 23.7 Å². The second-order valence-electron chi connectivity index (χ2n) is 5.36. The lowest BCUT2D eigenvalue weighted by Gasteiger charge is -2.27. The molecule has 1 aliphatic rings. The van der Waals surface area contributed by atoms with Crippen molar-refractivity contribution < 1.29 is 14.3 Å². The lowest BCUT2D eigenvalue weighted by atomic mass is 10.1. The van der Waals surface area contributed by atoms with Crippen LogP contribution in [0, 0.1) is 0 Å². The number of carbonyl (C=O) groups is 2. The molecule has 2 heterocycles. The standard InChI is InChI=1S/C17H18N2O3S/c1-22-17(21)12-3-2-4-14(9-12)18-10-16(20)19-7-5-15-13(11-19)6-8-23-15/h2-4,6,8-9,18H,5,7,10-11H2,1H3. The maximum absolute atomic E-state index is 12.4. The van der Waals surface area contributed by atoms with E-state index in [1.54, 1.807) is 29.5 Å². The maximum Gasteiger partial charge on any atom is 0.337 e. The molecule has 2 aromatic rings. The topological polar surface area (TPSA) is 58.6 Å². The summed E-state index contributed by atoms with van der Waals surface area (Å²) in [6, 6.07) is 9.05. The van der Waals surface area contributed by atoms with E-state index in [0.29, 0.717) is 12.1 Å². The third-order valence-electron chi connectivity index (χ3n) is 3.89. The van der Waals surface area contributed by atoms with Gasteiger partial charge in [-0.15, -0.1) is 11.3 Å². The van der Waals surface area contributed by atoms with Crippen LogP contribution >= 0.6 is 11.3 Å². The molecular weight excluding hydrogens is 312 g/mol. The molecule has 0 atom stereocenters. The van der Waals surface area contributed by atoms with E-state index in [4.69, 9.17) is 4.74 Å². The van der Waals surface area contributed by atoms with E-state index >= 15 is 0 Å². The van der Waals surface area contributed by atoms with Crippen molar-refractivity contribution in [3.63, 3.8) is 0 Å². The van der Waals surface area contributed by atoms with Gasteiger partial charge in [-0.25, -0.2) is 4.79 Å². The minimum Gasteiger partial charge on any atom is -0.465 e. The summed E-state index contributed by atoms with van der Waals surface area (Å²) in [6.07, 6.45) is 0.927. The quantitative estimate of drug-likeness (QED) is 0.875. The first-order valence-electron chi connectivity index (χ1n) is 7.42. The number of nitrogens with one attached hydrogen (secondary N) is 1. The number of ether oxygens (including phenoxy) is 1. The Balaban J connectivity index is 1.58. The van der Waals surface area contributed by atoms with Crippen LogP contribution in [0.25, 0.3) is 0 Å². The van der Waals surface area contributed by atoms with Crippen LogP contribution in [0.4, 0.5) is 5.69 Å². The predicted molar refractivity (Wildman–Crippen MR) is 89.7 cm³/mol. The molecule has 120 valence electrons. The van der Waals surface area contributed by atoms with Crippen LogP contribution in [-0.4, -0.2) is 37.0 Å². The minimum absolute atomic E-state index is 0.0605. The number of nitrogens with zero attached hydrogens (tertiary/aromatic N) is 1. The summed E-state index contributed by atoms with van der Waals surface area (Å²) in [5.41, 5.74) is 2.45. The fraction of sp³-hybridized carbons (Fsp3) is 0.294. The van der Waals surface area contributed by atoms with Gasteiger partial charge < -0.3 is 15.0 Å². The highest BCUT2D eigenvalue weighted by Crippen LogP contribution is 2.24. The van der Waals surface area contributed by atoms with E-state index in [-0.39, 0.29) is 18.4 Å². The van der Waals surface area contributed by atoms with E-state index in [1.807, 2.05) is 11.0 Å². The molecule has 0 unspecified atom stereocenters. The highest BCUT2D eigenvalue weighted by atomic mass is 32.1. The smallest absolute Gasteiger partial charge is 0.337 e. The van der Waals surface area contributed by atoms with E-state index in [2.05, 4.69) is 16.8 Å². The van der Waals surface area contributed by atoms with Crippen LogP contribution in [0.2, 0.25) is 0 Å². The maximum atomic E-state index is 12.4. The van der Waals surface area contributed by atoms with Crippen LogP contribution in [0.5, 0.6) is 0 Å². The van der Waals surface area contributed by atoms with Crippen LogP contribution in [0.3, 0.4) is 0 Å². The van der Waals surface area contributed by atoms with Crippen LogP contribution in [0.1, 0.15) is 20.8 Å². The first-order valence-corrected chi connectivity index (χ1v) is 8.30. The van der Waals surface area contributed by atoms with Crippen molar-refractivity contribution in [3.05, 3.63) is 51.7 Å². The number of fused-ring (bicyclic) bond motifs is 1. The lowest BCUT2D eigenvalue weighted by Crippen LogP contribution is -2.38. The average Bonchev–Trinajstić information content (AvgIpc) is 3.06. The molecule has 3 rings (SSSR count). The van der Waals surface area contributed by atoms with Gasteiger partial charge in [-0.3, -0.25) is 4.79 Å². The van der Waals surface area contributed by atoms with Crippen molar-refractivity contribution >= 4 is 28.9 Å². The summed E-state index contributed by atoms with van der Waals surface area (Å²) < 4.78 is 4.70. The molecule has 0 saturated heterocycles. The van der Waals surface area contributed by atoms with Gasteiger partial charge in [0.2, 0.25) is 5.91 Å². The number of amides is 1. The zero-order chi connectivity index (χ0) is 16.2. The third-order valence-corrected chi connectivity index (χ3v) is 4.91. The van der Waals surface area contributed by atoms with Crippen molar-refractivity contribution in [1.29, 1.82) is 0 Å². The molecular formula is C17H18N2O3S. The molecule has 6 heteroatoms. The largest absolute Gasteiger partial charge is 0.465 e. The van der Waals surface area contributed by atoms with Crippen molar-refractivity contribution in [2.75, 3.05) is 25.5 Å². The summed E-state index contributed by atoms with van der Waals surface area (Å²) in [5.74, 6) is -0.327. The Hall–Kier alpha value is -2.34. The number of methoxy groups -OCH3 is 1. The summed E-state index contributed by atoms with van der Waals surface area (Å²) in [4.78, 5) is 27.1. The Bertz CT molecular complexity index is 726. The predicted octanol–water partition coefficient (Wildman–Crippen LogP) is 2.53. The molecule has 0 fully saturated rings. The van der Waals surface area contributed by atoms with E-state index in [1.165, 1.54) is 17.6 Å². The number of anilines is 1. The molecule has 0 radical (unpaired) electrons. The molecule has 1 aromatic heterocycles. The fourth-order valence-corrected chi connectivity index (χ4v) is 3.51. The van der Waals surface area contributed by atoms with Gasteiger partial charge in [0.05, 0.1) is 19.2 Å². The highest BCUT2D eigenvalue weighted by molar-refractivity contribution is 7.10. The number of benzene rings is 1. The van der Waals surface area contributed by atoms with Crippen molar-refractivity contribution in [2.24, 2.45) is 0 Å². The molecule has 0 spiro atoms. The minimum atomic E-state index is -0.388. The Morgan fingerprint density at radius 1 is 1.35 bits per heavy atom. The summed E-state index contributed by atoms with van der Waals surface area (Å²) >= 11 is 1.76. The Kier molecular flexibility index (Phi) is 4.62. The van der Waals surface area contributed by atoms with E-state index in [0.717, 1.165) is 18.7 Å². The molecule has 23 heavy (non-hydrogen) atoms. The second-order valence-corrected chi connectivity index (χ2v) is 6.36. The first-order chi connectivity index (χ1) is 11.2. The summed E-state index contributed by atoms with van der Waals surface area (Å²) in [7, 11) is 1.35. The number of esters is 1. The third kappa shape index (κ3) is 3.53. The number of hydrogen-bond donors (Lipinski definition) is 1. The van der Waals surface area contributed by atoms with Crippen molar-refractivity contribution in [3.8, 4) is 0 Å². The molecule has 5 nitrogen and oxygen atoms in total. The van der Waals surface area contributed by atoms with E-state index in [9.17, 15) is 9.59 Å². The molecule has 1 amide bonds. The van der Waals surface area contributed by atoms with Gasteiger partial charge in [0.1, 0.15) is 0 Å². The second kappa shape index (κ2) is 6.83. The van der Waals surface area contributed by atoms with Crippen molar-refractivity contribution in [2.45, 2.75) is 13.0 Å². The Morgan fingerprint density at radius 2 is 2.22 bits per heavy atom. The molecule has 1 N–H and O–H groups in total. The molecule has 1 aromatic carbocycles. The fourth-order valence-electron chi connectivity index (χ4n) is 2.62. The monoisotopic (exact) mass is 330 g/mol. The first kappa shape index (κ1) is 15.6. The summed E-state index contributed by atoms with van der Waals surface area (Å²) in [5, 5.41) is 5.16. The normalized spacial score (nSPS) is 13.3. The zero-order valence-corrected chi connectivity index (χ0v) is 13.7. The highest BCUT2D eigenvalue weighted by Gasteiger charge is 2.21. The molecule has 1 aliphatic heterocycles. The average molecular weight is 330 g/mol. The lowest BCUT2D eigenvalue weighted by molar-refractivity contribution is -0.130. The van der Waals surface area contributed by atoms with Crippen LogP contribution < -0.4 is 5.32 Å². The number of rotatable bonds is 4. The Labute approximate surface area is 138 Å². The Morgan fingerprint density at radius 3 is 3.04 bits per heavy atom. The number of hydrogen-bond acceptors (Lipinski definition) is 5. The van der Waals surface area contributed by atoms with Crippen LogP contribution in [-0.2, 0) is 22.5 Å². The van der Waals surface area contributed by atoms with Gasteiger partial charge >= 0.3 is 5.97 Å². The summed E-state index contributed by atoms with van der Waals surface area (Å²) in [6.45, 7) is 1.65. The molecule has 0 bridgehead atoms. The van der Waals surface area contributed by atoms with Crippen LogP contribution in [0.15, 0.2) is 35.7 Å². The van der Waals surface area contributed by atoms with Gasteiger partial charge in [0.25, 0.3) is 0 Å². The number of carbonyl (C=O) groups excluding carboxylic acids is 2. The molecule has 0 aliphatic carbocycles.